The van der Waals surface area contributed by atoms with Crippen molar-refractivity contribution >= 4 is 5.82 Å². The van der Waals surface area contributed by atoms with E-state index in [-0.39, 0.29) is 0 Å². The van der Waals surface area contributed by atoms with Crippen LogP contribution in [0.3, 0.4) is 0 Å². The van der Waals surface area contributed by atoms with E-state index in [1.54, 1.807) is 0 Å². The predicted molar refractivity (Wildman–Crippen MR) is 78.7 cm³/mol. The molecule has 1 saturated heterocycles. The molecule has 0 amide bonds. The van der Waals surface area contributed by atoms with Gasteiger partial charge in [0.2, 0.25) is 5.88 Å². The molecule has 2 heterocycles. The van der Waals surface area contributed by atoms with Crippen LogP contribution >= 0.6 is 0 Å². The van der Waals surface area contributed by atoms with E-state index in [0.717, 1.165) is 12.4 Å². The minimum absolute atomic E-state index is 0.635. The lowest BCUT2D eigenvalue weighted by Gasteiger charge is -2.20. The summed E-state index contributed by atoms with van der Waals surface area (Å²) in [5.74, 6) is 2.23. The van der Waals surface area contributed by atoms with E-state index in [1.807, 2.05) is 25.1 Å². The van der Waals surface area contributed by atoms with Gasteiger partial charge in [-0.1, -0.05) is 13.0 Å². The fraction of sp³-hybridized carbons (Fsp3) is 0.667. The number of likely N-dealkylation sites (tertiary alicyclic amines) is 1. The van der Waals surface area contributed by atoms with E-state index in [9.17, 15) is 0 Å². The number of pyridine rings is 1. The fourth-order valence-electron chi connectivity index (χ4n) is 2.49. The Hall–Kier alpha value is -1.29. The van der Waals surface area contributed by atoms with Gasteiger partial charge in [0.15, 0.2) is 0 Å². The van der Waals surface area contributed by atoms with E-state index in [0.29, 0.717) is 18.4 Å². The van der Waals surface area contributed by atoms with Crippen LogP contribution in [0.4, 0.5) is 5.82 Å². The maximum Gasteiger partial charge on any atom is 0.215 e. The van der Waals surface area contributed by atoms with Crippen LogP contribution in [-0.4, -0.2) is 42.7 Å². The van der Waals surface area contributed by atoms with Gasteiger partial charge in [0.1, 0.15) is 5.82 Å². The van der Waals surface area contributed by atoms with E-state index in [4.69, 9.17) is 4.74 Å². The predicted octanol–water partition coefficient (Wildman–Crippen LogP) is 2.62. The lowest BCUT2D eigenvalue weighted by molar-refractivity contribution is 0.294. The molecule has 2 rings (SSSR count). The Bertz CT molecular complexity index is 377. The summed E-state index contributed by atoms with van der Waals surface area (Å²) in [5, 5.41) is 3.40. The highest BCUT2D eigenvalue weighted by atomic mass is 16.5. The quantitative estimate of drug-likeness (QED) is 0.820. The number of rotatable bonds is 7. The first kappa shape index (κ1) is 14.1. The lowest BCUT2D eigenvalue weighted by atomic mass is 10.1. The zero-order chi connectivity index (χ0) is 13.5. The van der Waals surface area contributed by atoms with Crippen LogP contribution in [0, 0.1) is 5.92 Å². The normalized spacial score (nSPS) is 17.4. The minimum atomic E-state index is 0.635. The first-order chi connectivity index (χ1) is 9.28. The van der Waals surface area contributed by atoms with E-state index < -0.39 is 0 Å². The highest BCUT2D eigenvalue weighted by molar-refractivity contribution is 5.37. The average Bonchev–Trinajstić information content (AvgIpc) is 2.90. The van der Waals surface area contributed by atoms with Crippen molar-refractivity contribution in [1.29, 1.82) is 0 Å². The molecule has 1 unspecified atom stereocenters. The van der Waals surface area contributed by atoms with Crippen LogP contribution in [0.25, 0.3) is 0 Å². The van der Waals surface area contributed by atoms with E-state index in [1.165, 1.54) is 32.5 Å². The molecule has 1 aliphatic rings. The number of anilines is 1. The molecule has 1 aliphatic heterocycles. The summed E-state index contributed by atoms with van der Waals surface area (Å²) in [4.78, 5) is 6.97. The molecule has 0 aromatic carbocycles. The topological polar surface area (TPSA) is 37.4 Å². The molecular formula is C15H25N3O. The smallest absolute Gasteiger partial charge is 0.215 e. The molecule has 0 aliphatic carbocycles. The molecule has 0 spiro atoms. The summed E-state index contributed by atoms with van der Waals surface area (Å²) in [6.45, 7) is 9.58. The molecule has 106 valence electrons. The van der Waals surface area contributed by atoms with Gasteiger partial charge in [-0.15, -0.1) is 0 Å². The van der Waals surface area contributed by atoms with Gasteiger partial charge in [0.05, 0.1) is 6.61 Å². The molecule has 1 aromatic heterocycles. The first-order valence-electron chi connectivity index (χ1n) is 7.34. The zero-order valence-corrected chi connectivity index (χ0v) is 12.1. The number of nitrogens with one attached hydrogen (secondary N) is 1. The number of hydrogen-bond donors (Lipinski definition) is 1. The molecule has 1 fully saturated rings. The van der Waals surface area contributed by atoms with Gasteiger partial charge in [0, 0.05) is 19.2 Å². The highest BCUT2D eigenvalue weighted by Gasteiger charge is 2.14. The van der Waals surface area contributed by atoms with Crippen LogP contribution in [-0.2, 0) is 0 Å². The molecular weight excluding hydrogens is 238 g/mol. The number of nitrogens with zero attached hydrogens (tertiary/aromatic N) is 2. The molecule has 0 bridgehead atoms. The summed E-state index contributed by atoms with van der Waals surface area (Å²) in [7, 11) is 0. The SMILES string of the molecule is CCOc1cccc(NCC(C)CN2CCCC2)n1. The summed E-state index contributed by atoms with van der Waals surface area (Å²) in [6, 6.07) is 5.86. The number of aromatic nitrogens is 1. The van der Waals surface area contributed by atoms with Gasteiger partial charge < -0.3 is 15.0 Å². The molecule has 1 atom stereocenters. The maximum absolute atomic E-state index is 5.40. The minimum Gasteiger partial charge on any atom is -0.478 e. The Morgan fingerprint density at radius 3 is 2.89 bits per heavy atom. The van der Waals surface area contributed by atoms with Crippen LogP contribution in [0.1, 0.15) is 26.7 Å². The zero-order valence-electron chi connectivity index (χ0n) is 12.1. The number of hydrogen-bond acceptors (Lipinski definition) is 4. The third-order valence-corrected chi connectivity index (χ3v) is 3.42. The Morgan fingerprint density at radius 2 is 2.16 bits per heavy atom. The van der Waals surface area contributed by atoms with Crippen molar-refractivity contribution in [3.8, 4) is 5.88 Å². The van der Waals surface area contributed by atoms with Gasteiger partial charge in [0.25, 0.3) is 0 Å². The summed E-state index contributed by atoms with van der Waals surface area (Å²) < 4.78 is 5.40. The van der Waals surface area contributed by atoms with Crippen molar-refractivity contribution in [2.45, 2.75) is 26.7 Å². The standard InChI is InChI=1S/C15H25N3O/c1-3-19-15-8-6-7-14(17-15)16-11-13(2)12-18-9-4-5-10-18/h6-8,13H,3-5,9-12H2,1-2H3,(H,16,17). The average molecular weight is 263 g/mol. The fourth-order valence-corrected chi connectivity index (χ4v) is 2.49. The summed E-state index contributed by atoms with van der Waals surface area (Å²) in [5.41, 5.74) is 0. The van der Waals surface area contributed by atoms with Gasteiger partial charge >= 0.3 is 0 Å². The summed E-state index contributed by atoms with van der Waals surface area (Å²) in [6.07, 6.45) is 2.72. The van der Waals surface area contributed by atoms with Crippen molar-refractivity contribution in [3.05, 3.63) is 18.2 Å². The Labute approximate surface area is 116 Å². The number of ether oxygens (including phenoxy) is 1. The molecule has 4 heteroatoms. The second kappa shape index (κ2) is 7.34. The monoisotopic (exact) mass is 263 g/mol. The van der Waals surface area contributed by atoms with Gasteiger partial charge in [-0.2, -0.15) is 4.98 Å². The second-order valence-electron chi connectivity index (χ2n) is 5.29. The largest absolute Gasteiger partial charge is 0.478 e. The lowest BCUT2D eigenvalue weighted by Crippen LogP contribution is -2.29. The van der Waals surface area contributed by atoms with Crippen molar-refractivity contribution in [2.75, 3.05) is 38.1 Å². The van der Waals surface area contributed by atoms with Crippen LogP contribution in [0.5, 0.6) is 5.88 Å². The Kier molecular flexibility index (Phi) is 5.45. The Morgan fingerprint density at radius 1 is 1.37 bits per heavy atom. The van der Waals surface area contributed by atoms with Crippen molar-refractivity contribution in [2.24, 2.45) is 5.92 Å². The third-order valence-electron chi connectivity index (χ3n) is 3.42. The van der Waals surface area contributed by atoms with Crippen LogP contribution < -0.4 is 10.1 Å². The molecule has 1 aromatic rings. The van der Waals surface area contributed by atoms with Gasteiger partial charge in [-0.05, 0) is 44.8 Å². The van der Waals surface area contributed by atoms with Crippen LogP contribution in [0.2, 0.25) is 0 Å². The molecule has 1 N–H and O–H groups in total. The molecule has 19 heavy (non-hydrogen) atoms. The Balaban J connectivity index is 1.75. The van der Waals surface area contributed by atoms with E-state index in [2.05, 4.69) is 22.1 Å². The first-order valence-corrected chi connectivity index (χ1v) is 7.34. The van der Waals surface area contributed by atoms with Crippen molar-refractivity contribution in [1.82, 2.24) is 9.88 Å². The van der Waals surface area contributed by atoms with Gasteiger partial charge in [-0.3, -0.25) is 0 Å². The van der Waals surface area contributed by atoms with E-state index >= 15 is 0 Å². The molecule has 4 nitrogen and oxygen atoms in total. The van der Waals surface area contributed by atoms with Crippen molar-refractivity contribution < 1.29 is 4.74 Å². The second-order valence-corrected chi connectivity index (χ2v) is 5.29. The summed E-state index contributed by atoms with van der Waals surface area (Å²) >= 11 is 0. The van der Waals surface area contributed by atoms with Crippen LogP contribution in [0.15, 0.2) is 18.2 Å². The third kappa shape index (κ3) is 4.71. The molecule has 0 saturated carbocycles. The highest BCUT2D eigenvalue weighted by Crippen LogP contribution is 2.13. The maximum atomic E-state index is 5.40. The van der Waals surface area contributed by atoms with Crippen molar-refractivity contribution in [3.63, 3.8) is 0 Å². The van der Waals surface area contributed by atoms with Gasteiger partial charge in [-0.25, -0.2) is 0 Å². The molecule has 0 radical (unpaired) electrons.